The molecule has 6 heteroatoms. The van der Waals surface area contributed by atoms with Gasteiger partial charge < -0.3 is 16.0 Å². The van der Waals surface area contributed by atoms with Gasteiger partial charge in [-0.05, 0) is 43.3 Å². The maximum Gasteiger partial charge on any atom is 0.262 e. The maximum absolute atomic E-state index is 12.3. The van der Waals surface area contributed by atoms with Gasteiger partial charge in [0, 0.05) is 6.54 Å². The van der Waals surface area contributed by atoms with E-state index >= 15 is 0 Å². The third kappa shape index (κ3) is 4.41. The zero-order valence-corrected chi connectivity index (χ0v) is 12.7. The van der Waals surface area contributed by atoms with Gasteiger partial charge in [-0.1, -0.05) is 12.1 Å². The lowest BCUT2D eigenvalue weighted by Gasteiger charge is -2.30. The number of carbonyl (C=O) groups is 2. The van der Waals surface area contributed by atoms with Gasteiger partial charge in [-0.2, -0.15) is 0 Å². The van der Waals surface area contributed by atoms with Crippen LogP contribution in [-0.2, 0) is 4.79 Å². The lowest BCUT2D eigenvalue weighted by Crippen LogP contribution is -2.53. The van der Waals surface area contributed by atoms with E-state index in [0.717, 1.165) is 25.9 Å². The van der Waals surface area contributed by atoms with E-state index in [1.807, 2.05) is 11.4 Å². The van der Waals surface area contributed by atoms with Gasteiger partial charge in [0.2, 0.25) is 5.91 Å². The number of rotatable bonds is 6. The van der Waals surface area contributed by atoms with Crippen LogP contribution in [0.4, 0.5) is 0 Å². The SMILES string of the molecule is C=CCNC(=O)C(NC(=O)c1cccs1)C1CCNCC1. The molecule has 1 aromatic rings. The first kappa shape index (κ1) is 15.7. The second-order valence-electron chi connectivity index (χ2n) is 5.05. The van der Waals surface area contributed by atoms with Gasteiger partial charge in [0.05, 0.1) is 4.88 Å². The Kier molecular flexibility index (Phi) is 5.95. The molecule has 1 fully saturated rings. The van der Waals surface area contributed by atoms with Gasteiger partial charge in [0.1, 0.15) is 6.04 Å². The summed E-state index contributed by atoms with van der Waals surface area (Å²) < 4.78 is 0. The molecular formula is C15H21N3O2S. The van der Waals surface area contributed by atoms with Gasteiger partial charge in [0.25, 0.3) is 5.91 Å². The molecule has 5 nitrogen and oxygen atoms in total. The molecule has 0 saturated carbocycles. The van der Waals surface area contributed by atoms with Crippen LogP contribution in [0.2, 0.25) is 0 Å². The number of hydrogen-bond acceptors (Lipinski definition) is 4. The van der Waals surface area contributed by atoms with Crippen molar-refractivity contribution in [2.24, 2.45) is 5.92 Å². The van der Waals surface area contributed by atoms with Crippen molar-refractivity contribution < 1.29 is 9.59 Å². The van der Waals surface area contributed by atoms with E-state index < -0.39 is 6.04 Å². The summed E-state index contributed by atoms with van der Waals surface area (Å²) in [6, 6.07) is 3.11. The fourth-order valence-electron chi connectivity index (χ4n) is 2.48. The van der Waals surface area contributed by atoms with Gasteiger partial charge in [-0.15, -0.1) is 17.9 Å². The Hall–Kier alpha value is -1.66. The van der Waals surface area contributed by atoms with Crippen LogP contribution in [0.3, 0.4) is 0 Å². The fourth-order valence-corrected chi connectivity index (χ4v) is 3.10. The Labute approximate surface area is 128 Å². The molecule has 0 spiro atoms. The molecule has 0 aliphatic carbocycles. The minimum atomic E-state index is -0.485. The average molecular weight is 307 g/mol. The molecule has 3 N–H and O–H groups in total. The molecular weight excluding hydrogens is 286 g/mol. The summed E-state index contributed by atoms with van der Waals surface area (Å²) in [6.07, 6.45) is 3.41. The van der Waals surface area contributed by atoms with E-state index in [9.17, 15) is 9.59 Å². The molecule has 2 amide bonds. The topological polar surface area (TPSA) is 70.2 Å². The highest BCUT2D eigenvalue weighted by molar-refractivity contribution is 7.12. The van der Waals surface area contributed by atoms with Crippen LogP contribution in [0.1, 0.15) is 22.5 Å². The van der Waals surface area contributed by atoms with Crippen molar-refractivity contribution in [3.8, 4) is 0 Å². The van der Waals surface area contributed by atoms with Gasteiger partial charge in [-0.3, -0.25) is 9.59 Å². The zero-order chi connectivity index (χ0) is 15.1. The van der Waals surface area contributed by atoms with Crippen molar-refractivity contribution in [1.82, 2.24) is 16.0 Å². The summed E-state index contributed by atoms with van der Waals surface area (Å²) in [5, 5.41) is 10.8. The maximum atomic E-state index is 12.3. The highest BCUT2D eigenvalue weighted by Crippen LogP contribution is 2.18. The molecule has 2 heterocycles. The molecule has 21 heavy (non-hydrogen) atoms. The van der Waals surface area contributed by atoms with E-state index in [2.05, 4.69) is 22.5 Å². The Morgan fingerprint density at radius 1 is 1.48 bits per heavy atom. The normalized spacial score (nSPS) is 17.0. The van der Waals surface area contributed by atoms with Gasteiger partial charge in [-0.25, -0.2) is 0 Å². The second kappa shape index (κ2) is 7.95. The summed E-state index contributed by atoms with van der Waals surface area (Å²) in [5.41, 5.74) is 0. The number of amides is 2. The lowest BCUT2D eigenvalue weighted by atomic mass is 9.89. The average Bonchev–Trinajstić information content (AvgIpc) is 3.05. The molecule has 1 aliphatic rings. The monoisotopic (exact) mass is 307 g/mol. The number of piperidine rings is 1. The van der Waals surface area contributed by atoms with Crippen molar-refractivity contribution in [3.63, 3.8) is 0 Å². The molecule has 1 aliphatic heterocycles. The Bertz CT molecular complexity index is 481. The van der Waals surface area contributed by atoms with Crippen LogP contribution in [0, 0.1) is 5.92 Å². The van der Waals surface area contributed by atoms with Crippen LogP contribution in [0.15, 0.2) is 30.2 Å². The van der Waals surface area contributed by atoms with Crippen LogP contribution in [-0.4, -0.2) is 37.5 Å². The van der Waals surface area contributed by atoms with E-state index in [0.29, 0.717) is 11.4 Å². The van der Waals surface area contributed by atoms with Gasteiger partial charge in [0.15, 0.2) is 0 Å². The van der Waals surface area contributed by atoms with E-state index in [4.69, 9.17) is 0 Å². The van der Waals surface area contributed by atoms with Crippen LogP contribution < -0.4 is 16.0 Å². The van der Waals surface area contributed by atoms with Crippen molar-refractivity contribution in [1.29, 1.82) is 0 Å². The molecule has 0 bridgehead atoms. The van der Waals surface area contributed by atoms with E-state index in [1.165, 1.54) is 11.3 Å². The fraction of sp³-hybridized carbons (Fsp3) is 0.467. The predicted octanol–water partition coefficient (Wildman–Crippen LogP) is 1.15. The van der Waals surface area contributed by atoms with Crippen LogP contribution in [0.25, 0.3) is 0 Å². The molecule has 1 atom stereocenters. The second-order valence-corrected chi connectivity index (χ2v) is 6.00. The standard InChI is InChI=1S/C15H21N3O2S/c1-2-7-17-15(20)13(11-5-8-16-9-6-11)18-14(19)12-4-3-10-21-12/h2-4,10-11,13,16H,1,5-9H2,(H,17,20)(H,18,19). The lowest BCUT2D eigenvalue weighted by molar-refractivity contribution is -0.124. The highest BCUT2D eigenvalue weighted by Gasteiger charge is 2.30. The van der Waals surface area contributed by atoms with Crippen molar-refractivity contribution in [3.05, 3.63) is 35.0 Å². The van der Waals surface area contributed by atoms with Crippen molar-refractivity contribution >= 4 is 23.2 Å². The summed E-state index contributed by atoms with van der Waals surface area (Å²) in [6.45, 7) is 5.77. The third-order valence-electron chi connectivity index (χ3n) is 3.59. The first-order valence-corrected chi connectivity index (χ1v) is 8.04. The minimum absolute atomic E-state index is 0.133. The molecule has 0 aromatic carbocycles. The Morgan fingerprint density at radius 2 is 2.24 bits per heavy atom. The zero-order valence-electron chi connectivity index (χ0n) is 11.9. The van der Waals surface area contributed by atoms with Crippen LogP contribution >= 0.6 is 11.3 Å². The number of carbonyl (C=O) groups excluding carboxylic acids is 2. The quantitative estimate of drug-likeness (QED) is 0.691. The smallest absolute Gasteiger partial charge is 0.262 e. The van der Waals surface area contributed by atoms with E-state index in [-0.39, 0.29) is 17.7 Å². The largest absolute Gasteiger partial charge is 0.351 e. The van der Waals surface area contributed by atoms with Crippen molar-refractivity contribution in [2.75, 3.05) is 19.6 Å². The Morgan fingerprint density at radius 3 is 2.86 bits per heavy atom. The molecule has 114 valence electrons. The summed E-state index contributed by atoms with van der Waals surface area (Å²) in [7, 11) is 0. The first-order chi connectivity index (χ1) is 10.2. The predicted molar refractivity (Wildman–Crippen MR) is 84.4 cm³/mol. The summed E-state index contributed by atoms with van der Waals surface area (Å²) >= 11 is 1.38. The Balaban J connectivity index is 2.04. The molecule has 0 radical (unpaired) electrons. The van der Waals surface area contributed by atoms with Crippen LogP contribution in [0.5, 0.6) is 0 Å². The first-order valence-electron chi connectivity index (χ1n) is 7.16. The van der Waals surface area contributed by atoms with Gasteiger partial charge >= 0.3 is 0 Å². The molecule has 1 aromatic heterocycles. The van der Waals surface area contributed by atoms with Crippen molar-refractivity contribution in [2.45, 2.75) is 18.9 Å². The molecule has 1 unspecified atom stereocenters. The number of nitrogens with one attached hydrogen (secondary N) is 3. The summed E-state index contributed by atoms with van der Waals surface area (Å²) in [4.78, 5) is 25.2. The number of thiophene rings is 1. The molecule has 2 rings (SSSR count). The highest BCUT2D eigenvalue weighted by atomic mass is 32.1. The summed E-state index contributed by atoms with van der Waals surface area (Å²) in [5.74, 6) is -0.144. The minimum Gasteiger partial charge on any atom is -0.351 e. The van der Waals surface area contributed by atoms with E-state index in [1.54, 1.807) is 12.1 Å². The molecule has 1 saturated heterocycles. The third-order valence-corrected chi connectivity index (χ3v) is 4.46. The number of hydrogen-bond donors (Lipinski definition) is 3.